The molecule has 1 amide bonds. The first-order chi connectivity index (χ1) is 11.8. The SMILES string of the molecule is CCNC(=NCc1ncccc1C)N1CC(=O)N(C(C)C)C(C)(C)C1. The largest absolute Gasteiger partial charge is 0.356 e. The fraction of sp³-hybridized carbons (Fsp3) is 0.632. The molecule has 25 heavy (non-hydrogen) atoms. The predicted molar refractivity (Wildman–Crippen MR) is 101 cm³/mol. The van der Waals surface area contributed by atoms with Crippen LogP contribution in [-0.4, -0.2) is 57.9 Å². The summed E-state index contributed by atoms with van der Waals surface area (Å²) >= 11 is 0. The number of hydrogen-bond acceptors (Lipinski definition) is 3. The summed E-state index contributed by atoms with van der Waals surface area (Å²) in [6.45, 7) is 14.8. The third-order valence-electron chi connectivity index (χ3n) is 4.47. The smallest absolute Gasteiger partial charge is 0.242 e. The van der Waals surface area contributed by atoms with E-state index >= 15 is 0 Å². The average Bonchev–Trinajstić information content (AvgIpc) is 2.50. The number of amides is 1. The number of guanidine groups is 1. The number of nitrogens with one attached hydrogen (secondary N) is 1. The molecule has 1 N–H and O–H groups in total. The number of carbonyl (C=O) groups is 1. The summed E-state index contributed by atoms with van der Waals surface area (Å²) in [6, 6.07) is 4.17. The quantitative estimate of drug-likeness (QED) is 0.671. The molecule has 138 valence electrons. The number of aromatic nitrogens is 1. The summed E-state index contributed by atoms with van der Waals surface area (Å²) in [7, 11) is 0. The summed E-state index contributed by atoms with van der Waals surface area (Å²) in [4.78, 5) is 25.9. The van der Waals surface area contributed by atoms with Crippen LogP contribution in [0.1, 0.15) is 45.9 Å². The fourth-order valence-electron chi connectivity index (χ4n) is 3.57. The van der Waals surface area contributed by atoms with Crippen LogP contribution in [0.3, 0.4) is 0 Å². The zero-order valence-electron chi connectivity index (χ0n) is 16.3. The Hall–Kier alpha value is -2.11. The molecular weight excluding hydrogens is 314 g/mol. The summed E-state index contributed by atoms with van der Waals surface area (Å²) < 4.78 is 0. The van der Waals surface area contributed by atoms with Crippen molar-refractivity contribution in [3.63, 3.8) is 0 Å². The minimum Gasteiger partial charge on any atom is -0.356 e. The van der Waals surface area contributed by atoms with Crippen molar-refractivity contribution in [1.82, 2.24) is 20.1 Å². The Morgan fingerprint density at radius 2 is 2.16 bits per heavy atom. The van der Waals surface area contributed by atoms with Crippen molar-refractivity contribution in [2.75, 3.05) is 19.6 Å². The average molecular weight is 345 g/mol. The van der Waals surface area contributed by atoms with E-state index < -0.39 is 0 Å². The van der Waals surface area contributed by atoms with Crippen molar-refractivity contribution in [2.24, 2.45) is 4.99 Å². The van der Waals surface area contributed by atoms with Crippen molar-refractivity contribution in [2.45, 2.75) is 59.7 Å². The van der Waals surface area contributed by atoms with E-state index in [-0.39, 0.29) is 17.5 Å². The Morgan fingerprint density at radius 3 is 2.72 bits per heavy atom. The summed E-state index contributed by atoms with van der Waals surface area (Å²) in [5.41, 5.74) is 1.85. The molecule has 1 aromatic heterocycles. The number of piperazine rings is 1. The second-order valence-corrected chi connectivity index (χ2v) is 7.46. The van der Waals surface area contributed by atoms with E-state index in [9.17, 15) is 4.79 Å². The van der Waals surface area contributed by atoms with Gasteiger partial charge >= 0.3 is 0 Å². The van der Waals surface area contributed by atoms with Crippen LogP contribution >= 0.6 is 0 Å². The maximum atomic E-state index is 12.7. The molecule has 1 fully saturated rings. The first-order valence-corrected chi connectivity index (χ1v) is 9.02. The molecular formula is C19H31N5O. The number of hydrogen-bond donors (Lipinski definition) is 1. The molecule has 6 heteroatoms. The van der Waals surface area contributed by atoms with Gasteiger partial charge in [-0.3, -0.25) is 9.78 Å². The van der Waals surface area contributed by atoms with E-state index in [4.69, 9.17) is 4.99 Å². The van der Waals surface area contributed by atoms with Crippen molar-refractivity contribution < 1.29 is 4.79 Å². The Morgan fingerprint density at radius 1 is 1.44 bits per heavy atom. The molecule has 0 saturated carbocycles. The normalized spacial score (nSPS) is 18.0. The van der Waals surface area contributed by atoms with E-state index in [1.165, 1.54) is 0 Å². The summed E-state index contributed by atoms with van der Waals surface area (Å²) in [5, 5.41) is 3.32. The number of aliphatic imine (C=N–C) groups is 1. The highest BCUT2D eigenvalue weighted by Gasteiger charge is 2.40. The number of pyridine rings is 1. The highest BCUT2D eigenvalue weighted by molar-refractivity contribution is 5.88. The molecule has 0 bridgehead atoms. The second-order valence-electron chi connectivity index (χ2n) is 7.46. The summed E-state index contributed by atoms with van der Waals surface area (Å²) in [6.07, 6.45) is 1.79. The van der Waals surface area contributed by atoms with E-state index in [0.717, 1.165) is 30.3 Å². The third kappa shape index (κ3) is 4.50. The molecule has 0 aliphatic carbocycles. The fourth-order valence-corrected chi connectivity index (χ4v) is 3.57. The first-order valence-electron chi connectivity index (χ1n) is 9.02. The molecule has 1 aliphatic heterocycles. The Kier molecular flexibility index (Phi) is 6.03. The number of aryl methyl sites for hydroxylation is 1. The minimum atomic E-state index is -0.236. The maximum absolute atomic E-state index is 12.7. The Balaban J connectivity index is 2.21. The minimum absolute atomic E-state index is 0.144. The molecule has 6 nitrogen and oxygen atoms in total. The lowest BCUT2D eigenvalue weighted by Gasteiger charge is -2.49. The molecule has 0 spiro atoms. The molecule has 0 aromatic carbocycles. The zero-order valence-corrected chi connectivity index (χ0v) is 16.3. The van der Waals surface area contributed by atoms with Gasteiger partial charge in [0, 0.05) is 25.3 Å². The second kappa shape index (κ2) is 7.85. The van der Waals surface area contributed by atoms with Crippen LogP contribution in [0.25, 0.3) is 0 Å². The van der Waals surface area contributed by atoms with Crippen LogP contribution in [0, 0.1) is 6.92 Å². The maximum Gasteiger partial charge on any atom is 0.242 e. The number of nitrogens with zero attached hydrogens (tertiary/aromatic N) is 4. The summed E-state index contributed by atoms with van der Waals surface area (Å²) in [5.74, 6) is 0.920. The van der Waals surface area contributed by atoms with Gasteiger partial charge in [-0.05, 0) is 53.2 Å². The van der Waals surface area contributed by atoms with E-state index in [1.54, 1.807) is 6.20 Å². The lowest BCUT2D eigenvalue weighted by molar-refractivity contribution is -0.145. The van der Waals surface area contributed by atoms with E-state index in [1.807, 2.05) is 30.9 Å². The lowest BCUT2D eigenvalue weighted by atomic mass is 9.96. The van der Waals surface area contributed by atoms with E-state index in [2.05, 4.69) is 42.9 Å². The van der Waals surface area contributed by atoms with Crippen molar-refractivity contribution >= 4 is 11.9 Å². The lowest BCUT2D eigenvalue weighted by Crippen LogP contribution is -2.66. The first kappa shape index (κ1) is 19.2. The van der Waals surface area contributed by atoms with Crippen LogP contribution in [0.15, 0.2) is 23.3 Å². The molecule has 2 heterocycles. The van der Waals surface area contributed by atoms with Gasteiger partial charge < -0.3 is 15.1 Å². The van der Waals surface area contributed by atoms with Gasteiger partial charge in [-0.15, -0.1) is 0 Å². The van der Waals surface area contributed by atoms with Crippen molar-refractivity contribution in [3.8, 4) is 0 Å². The standard InChI is InChI=1S/C19H31N5O/c1-7-20-18(22-11-16-15(4)9-8-10-21-16)23-12-17(25)24(14(2)3)19(5,6)13-23/h8-10,14H,7,11-13H2,1-6H3,(H,20,22). The van der Waals surface area contributed by atoms with Crippen molar-refractivity contribution in [1.29, 1.82) is 0 Å². The number of carbonyl (C=O) groups excluding carboxylic acids is 1. The van der Waals surface area contributed by atoms with Gasteiger partial charge in [0.15, 0.2) is 5.96 Å². The predicted octanol–water partition coefficient (Wildman–Crippen LogP) is 2.19. The Labute approximate surface area is 151 Å². The molecule has 0 radical (unpaired) electrons. The van der Waals surface area contributed by atoms with E-state index in [0.29, 0.717) is 13.1 Å². The third-order valence-corrected chi connectivity index (χ3v) is 4.47. The van der Waals surface area contributed by atoms with Crippen LogP contribution in [-0.2, 0) is 11.3 Å². The van der Waals surface area contributed by atoms with Gasteiger partial charge in [0.2, 0.25) is 5.91 Å². The Bertz CT molecular complexity index is 638. The van der Waals surface area contributed by atoms with Gasteiger partial charge in [-0.1, -0.05) is 6.07 Å². The highest BCUT2D eigenvalue weighted by Crippen LogP contribution is 2.24. The van der Waals surface area contributed by atoms with Gasteiger partial charge in [-0.25, -0.2) is 4.99 Å². The highest BCUT2D eigenvalue weighted by atomic mass is 16.2. The molecule has 0 atom stereocenters. The molecule has 0 unspecified atom stereocenters. The van der Waals surface area contributed by atoms with Crippen molar-refractivity contribution in [3.05, 3.63) is 29.6 Å². The topological polar surface area (TPSA) is 60.8 Å². The van der Waals surface area contributed by atoms with Gasteiger partial charge in [0.05, 0.1) is 24.3 Å². The number of rotatable bonds is 4. The molecule has 1 aromatic rings. The monoisotopic (exact) mass is 345 g/mol. The van der Waals surface area contributed by atoms with Crippen LogP contribution < -0.4 is 5.32 Å². The van der Waals surface area contributed by atoms with Gasteiger partial charge in [0.25, 0.3) is 0 Å². The molecule has 2 rings (SSSR count). The van der Waals surface area contributed by atoms with Gasteiger partial charge in [0.1, 0.15) is 0 Å². The molecule has 1 aliphatic rings. The van der Waals surface area contributed by atoms with Crippen LogP contribution in [0.2, 0.25) is 0 Å². The van der Waals surface area contributed by atoms with Crippen LogP contribution in [0.4, 0.5) is 0 Å². The molecule has 1 saturated heterocycles. The van der Waals surface area contributed by atoms with Gasteiger partial charge in [-0.2, -0.15) is 0 Å². The zero-order chi connectivity index (χ0) is 18.6. The van der Waals surface area contributed by atoms with Crippen LogP contribution in [0.5, 0.6) is 0 Å².